The summed E-state index contributed by atoms with van der Waals surface area (Å²) < 4.78 is 40.5. The third-order valence-corrected chi connectivity index (χ3v) is 4.25. The molecule has 1 aromatic rings. The Morgan fingerprint density at radius 3 is 2.33 bits per heavy atom. The minimum Gasteiger partial charge on any atom is -0.481 e. The van der Waals surface area contributed by atoms with E-state index in [1.165, 1.54) is 18.2 Å². The van der Waals surface area contributed by atoms with Crippen LogP contribution in [0.2, 0.25) is 0 Å². The zero-order valence-corrected chi connectivity index (χ0v) is 13.5. The molecule has 0 spiro atoms. The topological polar surface area (TPSA) is 46.5 Å². The van der Waals surface area contributed by atoms with Gasteiger partial charge in [0, 0.05) is 5.92 Å². The fraction of sp³-hybridized carbons (Fsp3) is 0.462. The van der Waals surface area contributed by atoms with E-state index in [9.17, 15) is 18.0 Å². The quantitative estimate of drug-likeness (QED) is 0.822. The van der Waals surface area contributed by atoms with Crippen LogP contribution in [0.1, 0.15) is 25.3 Å². The zero-order valence-electron chi connectivity index (χ0n) is 11.1. The highest BCUT2D eigenvalue weighted by Crippen LogP contribution is 2.64. The smallest absolute Gasteiger partial charge is 0.481 e. The van der Waals surface area contributed by atoms with Crippen LogP contribution in [0.25, 0.3) is 0 Å². The Hall–Kier alpha value is -0.950. The van der Waals surface area contributed by atoms with E-state index in [4.69, 9.17) is 5.11 Å². The van der Waals surface area contributed by atoms with Gasteiger partial charge in [-0.05, 0) is 39.0 Å². The molecule has 0 radical (unpaired) electrons. The average Bonchev–Trinajstić information content (AvgIpc) is 2.83. The second-order valence-corrected chi connectivity index (χ2v) is 6.21. The van der Waals surface area contributed by atoms with Crippen molar-refractivity contribution in [3.63, 3.8) is 0 Å². The van der Waals surface area contributed by atoms with Gasteiger partial charge >= 0.3 is 12.3 Å². The lowest BCUT2D eigenvalue weighted by molar-refractivity contribution is -0.274. The fourth-order valence-corrected chi connectivity index (χ4v) is 3.12. The zero-order chi connectivity index (χ0) is 15.3. The Morgan fingerprint density at radius 1 is 1.38 bits per heavy atom. The predicted molar refractivity (Wildman–Crippen MR) is 75.7 cm³/mol. The van der Waals surface area contributed by atoms with Gasteiger partial charge in [0.25, 0.3) is 0 Å². The molecule has 1 N–H and O–H groups in total. The van der Waals surface area contributed by atoms with Crippen LogP contribution in [0, 0.1) is 11.3 Å². The van der Waals surface area contributed by atoms with Gasteiger partial charge in [0.1, 0.15) is 5.75 Å². The number of hydrogen-bond donors (Lipinski definition) is 1. The summed E-state index contributed by atoms with van der Waals surface area (Å²) in [6, 6.07) is 4.15. The number of halogens is 5. The number of carbonyl (C=O) groups is 1. The third-order valence-electron chi connectivity index (χ3n) is 3.63. The lowest BCUT2D eigenvalue weighted by atomic mass is 10.0. The number of ether oxygens (including phenoxy) is 1. The van der Waals surface area contributed by atoms with E-state index < -0.39 is 23.7 Å². The molecule has 0 aromatic heterocycles. The number of carboxylic acids is 1. The van der Waals surface area contributed by atoms with Crippen LogP contribution in [0.4, 0.5) is 13.2 Å². The Morgan fingerprint density at radius 2 is 1.95 bits per heavy atom. The van der Waals surface area contributed by atoms with E-state index in [0.717, 1.165) is 0 Å². The van der Waals surface area contributed by atoms with Crippen LogP contribution < -0.4 is 4.74 Å². The van der Waals surface area contributed by atoms with E-state index in [2.05, 4.69) is 20.7 Å². The summed E-state index contributed by atoms with van der Waals surface area (Å²) in [5.41, 5.74) is 0.279. The largest absolute Gasteiger partial charge is 0.573 e. The van der Waals surface area contributed by atoms with E-state index in [0.29, 0.717) is 5.56 Å². The van der Waals surface area contributed by atoms with Crippen molar-refractivity contribution in [3.05, 3.63) is 28.2 Å². The van der Waals surface area contributed by atoms with Crippen LogP contribution in [-0.2, 0) is 4.79 Å². The van der Waals surface area contributed by atoms with Crippen molar-refractivity contribution in [1.82, 2.24) is 0 Å². The first-order valence-electron chi connectivity index (χ1n) is 5.82. The molecule has 1 aliphatic rings. The molecule has 0 amide bonds. The van der Waals surface area contributed by atoms with Gasteiger partial charge in [0.15, 0.2) is 0 Å². The summed E-state index contributed by atoms with van der Waals surface area (Å²) in [7, 11) is 0. The Labute approximate surface area is 134 Å². The molecule has 21 heavy (non-hydrogen) atoms. The van der Waals surface area contributed by atoms with Gasteiger partial charge in [0.2, 0.25) is 0 Å². The number of aliphatic carboxylic acids is 1. The molecule has 1 aromatic carbocycles. The molecule has 0 saturated heterocycles. The van der Waals surface area contributed by atoms with Crippen LogP contribution in [0.5, 0.6) is 5.75 Å². The van der Waals surface area contributed by atoms with Gasteiger partial charge in [-0.15, -0.1) is 25.6 Å². The van der Waals surface area contributed by atoms with E-state index in [1.54, 1.807) is 0 Å². The van der Waals surface area contributed by atoms with Gasteiger partial charge < -0.3 is 9.84 Å². The summed E-state index contributed by atoms with van der Waals surface area (Å²) in [4.78, 5) is 11.1. The van der Waals surface area contributed by atoms with Crippen LogP contribution in [0.15, 0.2) is 22.7 Å². The fourth-order valence-electron chi connectivity index (χ4n) is 2.64. The van der Waals surface area contributed by atoms with Crippen molar-refractivity contribution in [2.75, 3.05) is 0 Å². The third kappa shape index (κ3) is 3.63. The maximum Gasteiger partial charge on any atom is 0.573 e. The molecule has 1 saturated carbocycles. The SMILES string of the molecule is CC1(C)C(C(=O)O)C1c1ccc(OC(F)(F)F)c(Br)c1.Cl. The maximum atomic E-state index is 12.2. The Balaban J connectivity index is 0.00000220. The molecule has 1 aliphatic carbocycles. The monoisotopic (exact) mass is 388 g/mol. The Kier molecular flexibility index (Phi) is 4.90. The lowest BCUT2D eigenvalue weighted by Crippen LogP contribution is -2.17. The number of rotatable bonds is 3. The molecule has 2 unspecified atom stereocenters. The highest BCUT2D eigenvalue weighted by molar-refractivity contribution is 9.10. The Bertz CT molecular complexity index is 560. The molecule has 3 nitrogen and oxygen atoms in total. The van der Waals surface area contributed by atoms with E-state index in [1.807, 2.05) is 13.8 Å². The van der Waals surface area contributed by atoms with Crippen molar-refractivity contribution < 1.29 is 27.8 Å². The second kappa shape index (κ2) is 5.68. The first-order valence-corrected chi connectivity index (χ1v) is 6.61. The van der Waals surface area contributed by atoms with Gasteiger partial charge in [-0.2, -0.15) is 0 Å². The molecule has 1 fully saturated rings. The molecule has 0 aliphatic heterocycles. The minimum absolute atomic E-state index is 0. The highest BCUT2D eigenvalue weighted by atomic mass is 79.9. The standard InChI is InChI=1S/C13H12BrF3O3.ClH/c1-12(2)9(10(12)11(18)19)6-3-4-8(7(14)5-6)20-13(15,16)17;/h3-5,9-10H,1-2H3,(H,18,19);1H. The summed E-state index contributed by atoms with van der Waals surface area (Å²) in [6.07, 6.45) is -4.76. The van der Waals surface area contributed by atoms with Crippen LogP contribution >= 0.6 is 28.3 Å². The molecule has 2 atom stereocenters. The first-order chi connectivity index (χ1) is 9.04. The molecule has 8 heteroatoms. The van der Waals surface area contributed by atoms with Gasteiger partial charge in [-0.3, -0.25) is 4.79 Å². The maximum absolute atomic E-state index is 12.2. The van der Waals surface area contributed by atoms with Crippen molar-refractivity contribution in [3.8, 4) is 5.75 Å². The second-order valence-electron chi connectivity index (χ2n) is 5.35. The van der Waals surface area contributed by atoms with Crippen molar-refractivity contribution in [2.45, 2.75) is 26.1 Å². The summed E-state index contributed by atoms with van der Waals surface area (Å²) in [6.45, 7) is 3.65. The summed E-state index contributed by atoms with van der Waals surface area (Å²) >= 11 is 3.02. The molecular formula is C13H13BrClF3O3. The molecular weight excluding hydrogens is 376 g/mol. The van der Waals surface area contributed by atoms with Crippen molar-refractivity contribution >= 4 is 34.3 Å². The van der Waals surface area contributed by atoms with E-state index >= 15 is 0 Å². The molecule has 0 heterocycles. The minimum atomic E-state index is -4.76. The van der Waals surface area contributed by atoms with Gasteiger partial charge in [-0.1, -0.05) is 19.9 Å². The molecule has 0 bridgehead atoms. The highest BCUT2D eigenvalue weighted by Gasteiger charge is 2.62. The van der Waals surface area contributed by atoms with Crippen LogP contribution in [-0.4, -0.2) is 17.4 Å². The molecule has 2 rings (SSSR count). The van der Waals surface area contributed by atoms with Crippen molar-refractivity contribution in [2.24, 2.45) is 11.3 Å². The van der Waals surface area contributed by atoms with E-state index in [-0.39, 0.29) is 28.5 Å². The van der Waals surface area contributed by atoms with Crippen LogP contribution in [0.3, 0.4) is 0 Å². The number of benzene rings is 1. The van der Waals surface area contributed by atoms with Crippen molar-refractivity contribution in [1.29, 1.82) is 0 Å². The lowest BCUT2D eigenvalue weighted by Gasteiger charge is -2.12. The summed E-state index contributed by atoms with van der Waals surface area (Å²) in [5, 5.41) is 9.11. The summed E-state index contributed by atoms with van der Waals surface area (Å²) in [5.74, 6) is -1.97. The predicted octanol–water partition coefficient (Wildman–Crippen LogP) is 4.59. The average molecular weight is 390 g/mol. The van der Waals surface area contributed by atoms with Gasteiger partial charge in [0.05, 0.1) is 10.4 Å². The number of carboxylic acid groups (broad SMARTS) is 1. The number of alkyl halides is 3. The molecule has 118 valence electrons. The first kappa shape index (κ1) is 18.1. The van der Waals surface area contributed by atoms with Gasteiger partial charge in [-0.25, -0.2) is 0 Å². The normalized spacial score (nSPS) is 23.1. The number of hydrogen-bond acceptors (Lipinski definition) is 2.